The number of ether oxygens (including phenoxy) is 4. The largest absolute Gasteiger partial charge is 0.481 e. The summed E-state index contributed by atoms with van der Waals surface area (Å²) in [5.74, 6) is -0.923. The molecule has 0 rings (SSSR count). The van der Waals surface area contributed by atoms with E-state index in [2.05, 4.69) is 17.6 Å². The Morgan fingerprint density at radius 3 is 1.30 bits per heavy atom. The molecule has 236 valence electrons. The lowest BCUT2D eigenvalue weighted by molar-refractivity contribution is -0.138. The number of amides is 2. The minimum absolute atomic E-state index is 0.0257. The molecule has 0 atom stereocenters. The highest BCUT2D eigenvalue weighted by molar-refractivity contribution is 5.76. The molecule has 10 nitrogen and oxygen atoms in total. The van der Waals surface area contributed by atoms with Gasteiger partial charge in [0.1, 0.15) is 0 Å². The highest BCUT2D eigenvalue weighted by atomic mass is 16.5. The van der Waals surface area contributed by atoms with Gasteiger partial charge in [-0.05, 0) is 6.42 Å². The summed E-state index contributed by atoms with van der Waals surface area (Å²) in [5.41, 5.74) is 0. The number of carboxylic acids is 1. The average molecular weight is 575 g/mol. The fourth-order valence-corrected chi connectivity index (χ4v) is 3.97. The first kappa shape index (κ1) is 38.2. The maximum Gasteiger partial charge on any atom is 0.305 e. The van der Waals surface area contributed by atoms with Gasteiger partial charge in [0.2, 0.25) is 11.8 Å². The second-order valence-electron chi connectivity index (χ2n) is 10.0. The Bertz CT molecular complexity index is 592. The summed E-state index contributed by atoms with van der Waals surface area (Å²) in [5, 5.41) is 14.1. The normalized spacial score (nSPS) is 11.0. The van der Waals surface area contributed by atoms with Crippen molar-refractivity contribution < 1.29 is 38.4 Å². The molecule has 0 bridgehead atoms. The average Bonchev–Trinajstić information content (AvgIpc) is 2.93. The quantitative estimate of drug-likeness (QED) is 0.0991. The molecule has 0 aromatic carbocycles. The molecule has 0 aliphatic carbocycles. The van der Waals surface area contributed by atoms with E-state index in [1.54, 1.807) is 0 Å². The summed E-state index contributed by atoms with van der Waals surface area (Å²) in [6.07, 6.45) is 17.7. The van der Waals surface area contributed by atoms with Crippen molar-refractivity contribution in [2.45, 2.75) is 110 Å². The molecule has 40 heavy (non-hydrogen) atoms. The molecule has 0 aromatic rings. The zero-order valence-corrected chi connectivity index (χ0v) is 25.2. The predicted octanol–water partition coefficient (Wildman–Crippen LogP) is 4.63. The van der Waals surface area contributed by atoms with Gasteiger partial charge in [0.25, 0.3) is 0 Å². The van der Waals surface area contributed by atoms with Gasteiger partial charge in [-0.25, -0.2) is 0 Å². The van der Waals surface area contributed by atoms with Gasteiger partial charge in [-0.15, -0.1) is 0 Å². The third-order valence-corrected chi connectivity index (χ3v) is 6.32. The third-order valence-electron chi connectivity index (χ3n) is 6.32. The topological polar surface area (TPSA) is 132 Å². The van der Waals surface area contributed by atoms with E-state index in [-0.39, 0.29) is 31.3 Å². The van der Waals surface area contributed by atoms with Crippen LogP contribution in [0.25, 0.3) is 0 Å². The number of rotatable bonds is 32. The standard InChI is InChI=1S/C30H58N2O8/c1-2-3-4-5-6-7-8-9-10-11-12-13-14-15-28(33)31-18-22-39-26-24-37-20-16-29(34)32-19-23-40-27-25-38-21-17-30(35)36/h2-27H2,1H3,(H,31,33)(H,32,34)(H,35,36). The van der Waals surface area contributed by atoms with E-state index in [9.17, 15) is 14.4 Å². The molecule has 0 saturated heterocycles. The van der Waals surface area contributed by atoms with Crippen molar-refractivity contribution in [2.24, 2.45) is 0 Å². The smallest absolute Gasteiger partial charge is 0.305 e. The molecule has 0 aliphatic rings. The van der Waals surface area contributed by atoms with Gasteiger partial charge in [0, 0.05) is 25.9 Å². The first-order chi connectivity index (χ1) is 19.6. The maximum atomic E-state index is 11.9. The molecule has 0 saturated carbocycles. The molecule has 0 aromatic heterocycles. The van der Waals surface area contributed by atoms with Gasteiger partial charge in [-0.3, -0.25) is 14.4 Å². The van der Waals surface area contributed by atoms with E-state index in [0.717, 1.165) is 12.8 Å². The Balaban J connectivity index is 3.25. The van der Waals surface area contributed by atoms with Crippen LogP contribution in [0.1, 0.15) is 110 Å². The number of hydrogen-bond donors (Lipinski definition) is 3. The van der Waals surface area contributed by atoms with Crippen LogP contribution in [-0.4, -0.2) is 88.8 Å². The van der Waals surface area contributed by atoms with E-state index in [0.29, 0.717) is 65.8 Å². The molecule has 0 spiro atoms. The van der Waals surface area contributed by atoms with Crippen molar-refractivity contribution in [1.82, 2.24) is 10.6 Å². The maximum absolute atomic E-state index is 11.9. The highest BCUT2D eigenvalue weighted by Gasteiger charge is 2.03. The Labute approximate surface area is 242 Å². The van der Waals surface area contributed by atoms with Crippen molar-refractivity contribution in [3.05, 3.63) is 0 Å². The van der Waals surface area contributed by atoms with Crippen molar-refractivity contribution in [3.8, 4) is 0 Å². The lowest BCUT2D eigenvalue weighted by Gasteiger charge is -2.08. The summed E-state index contributed by atoms with van der Waals surface area (Å²) >= 11 is 0. The molecule has 0 aliphatic heterocycles. The molecular formula is C30H58N2O8. The lowest BCUT2D eigenvalue weighted by Crippen LogP contribution is -2.28. The fourth-order valence-electron chi connectivity index (χ4n) is 3.97. The molecular weight excluding hydrogens is 516 g/mol. The van der Waals surface area contributed by atoms with Crippen LogP contribution in [0.3, 0.4) is 0 Å². The second-order valence-corrected chi connectivity index (χ2v) is 10.0. The summed E-state index contributed by atoms with van der Waals surface area (Å²) in [7, 11) is 0. The highest BCUT2D eigenvalue weighted by Crippen LogP contribution is 2.12. The van der Waals surface area contributed by atoms with Gasteiger partial charge in [-0.1, -0.05) is 84.0 Å². The summed E-state index contributed by atoms with van der Waals surface area (Å²) < 4.78 is 21.2. The number of carbonyl (C=O) groups is 3. The van der Waals surface area contributed by atoms with Crippen LogP contribution < -0.4 is 10.6 Å². The van der Waals surface area contributed by atoms with Gasteiger partial charge in [0.15, 0.2) is 0 Å². The molecule has 0 radical (unpaired) electrons. The summed E-state index contributed by atoms with van der Waals surface area (Å²) in [6, 6.07) is 0. The monoisotopic (exact) mass is 574 g/mol. The van der Waals surface area contributed by atoms with E-state index in [4.69, 9.17) is 24.1 Å². The number of nitrogens with one attached hydrogen (secondary N) is 2. The van der Waals surface area contributed by atoms with Crippen molar-refractivity contribution >= 4 is 17.8 Å². The lowest BCUT2D eigenvalue weighted by atomic mass is 10.0. The molecule has 10 heteroatoms. The Morgan fingerprint density at radius 1 is 0.475 bits per heavy atom. The molecule has 2 amide bonds. The minimum Gasteiger partial charge on any atom is -0.481 e. The van der Waals surface area contributed by atoms with E-state index >= 15 is 0 Å². The number of hydrogen-bond acceptors (Lipinski definition) is 7. The van der Waals surface area contributed by atoms with E-state index in [1.165, 1.54) is 70.6 Å². The van der Waals surface area contributed by atoms with Crippen LogP contribution in [-0.2, 0) is 33.3 Å². The van der Waals surface area contributed by atoms with Crippen LogP contribution in [0.2, 0.25) is 0 Å². The van der Waals surface area contributed by atoms with Crippen LogP contribution in [0.4, 0.5) is 0 Å². The van der Waals surface area contributed by atoms with Crippen LogP contribution >= 0.6 is 0 Å². The number of carbonyl (C=O) groups excluding carboxylic acids is 2. The second kappa shape index (κ2) is 31.8. The molecule has 0 unspecified atom stereocenters. The molecule has 3 N–H and O–H groups in total. The number of aliphatic carboxylic acids is 1. The third kappa shape index (κ3) is 32.5. The first-order valence-electron chi connectivity index (χ1n) is 15.6. The van der Waals surface area contributed by atoms with Crippen LogP contribution in [0.5, 0.6) is 0 Å². The number of unbranched alkanes of at least 4 members (excludes halogenated alkanes) is 12. The van der Waals surface area contributed by atoms with Gasteiger partial charge >= 0.3 is 5.97 Å². The van der Waals surface area contributed by atoms with E-state index < -0.39 is 5.97 Å². The minimum atomic E-state index is -0.893. The zero-order valence-electron chi connectivity index (χ0n) is 25.2. The zero-order chi connectivity index (χ0) is 29.4. The van der Waals surface area contributed by atoms with E-state index in [1.807, 2.05) is 0 Å². The fraction of sp³-hybridized carbons (Fsp3) is 0.900. The SMILES string of the molecule is CCCCCCCCCCCCCCCC(=O)NCCOCCOCCC(=O)NCCOCCOCCC(=O)O. The van der Waals surface area contributed by atoms with Crippen molar-refractivity contribution in [3.63, 3.8) is 0 Å². The Morgan fingerprint density at radius 2 is 0.850 bits per heavy atom. The summed E-state index contributed by atoms with van der Waals surface area (Å²) in [4.78, 5) is 34.0. The Kier molecular flexibility index (Phi) is 30.4. The summed E-state index contributed by atoms with van der Waals surface area (Å²) in [6.45, 7) is 5.90. The molecule has 0 fully saturated rings. The van der Waals surface area contributed by atoms with Gasteiger partial charge < -0.3 is 34.7 Å². The van der Waals surface area contributed by atoms with Crippen molar-refractivity contribution in [2.75, 3.05) is 65.9 Å². The van der Waals surface area contributed by atoms with Gasteiger partial charge in [0.05, 0.1) is 59.3 Å². The first-order valence-corrected chi connectivity index (χ1v) is 15.6. The predicted molar refractivity (Wildman–Crippen MR) is 156 cm³/mol. The van der Waals surface area contributed by atoms with Gasteiger partial charge in [-0.2, -0.15) is 0 Å². The van der Waals surface area contributed by atoms with Crippen LogP contribution in [0.15, 0.2) is 0 Å². The molecule has 0 heterocycles. The Hall–Kier alpha value is -1.75. The van der Waals surface area contributed by atoms with Crippen molar-refractivity contribution in [1.29, 1.82) is 0 Å². The van der Waals surface area contributed by atoms with Crippen LogP contribution in [0, 0.1) is 0 Å². The number of carboxylic acid groups (broad SMARTS) is 1.